The monoisotopic (exact) mass is 284 g/mol. The zero-order valence-corrected chi connectivity index (χ0v) is 11.5. The Kier molecular flexibility index (Phi) is 3.68. The summed E-state index contributed by atoms with van der Waals surface area (Å²) in [6.07, 6.45) is 4.83. The Labute approximate surface area is 122 Å². The lowest BCUT2D eigenvalue weighted by Gasteiger charge is -2.07. The maximum absolute atomic E-state index is 12.0. The molecule has 0 fully saturated rings. The number of rotatable bonds is 5. The van der Waals surface area contributed by atoms with Crippen molar-refractivity contribution in [2.75, 3.05) is 11.9 Å². The summed E-state index contributed by atoms with van der Waals surface area (Å²) in [5.41, 5.74) is 2.24. The zero-order valence-electron chi connectivity index (χ0n) is 11.5. The highest BCUT2D eigenvalue weighted by atomic mass is 16.2. The molecule has 2 N–H and O–H groups in total. The molecule has 0 atom stereocenters. The highest BCUT2D eigenvalue weighted by molar-refractivity contribution is 6.02. The Morgan fingerprint density at radius 2 is 2.33 bits per heavy atom. The molecule has 6 nitrogen and oxygen atoms in total. The molecule has 1 aromatic heterocycles. The van der Waals surface area contributed by atoms with Gasteiger partial charge in [-0.15, -0.1) is 0 Å². The molecule has 2 heterocycles. The number of nitrogens with zero attached hydrogens (tertiary/aromatic N) is 2. The van der Waals surface area contributed by atoms with Gasteiger partial charge in [-0.25, -0.2) is 0 Å². The molecular formula is C15H16N4O2. The van der Waals surface area contributed by atoms with E-state index in [0.29, 0.717) is 18.5 Å². The first kappa shape index (κ1) is 13.4. The number of carbonyl (C=O) groups excluding carboxylic acids is 2. The van der Waals surface area contributed by atoms with E-state index in [2.05, 4.69) is 15.7 Å². The second-order valence-corrected chi connectivity index (χ2v) is 4.98. The Hall–Kier alpha value is -2.63. The van der Waals surface area contributed by atoms with Crippen LogP contribution in [0.2, 0.25) is 0 Å². The van der Waals surface area contributed by atoms with Gasteiger partial charge in [-0.1, -0.05) is 6.07 Å². The van der Waals surface area contributed by atoms with E-state index in [1.807, 2.05) is 23.0 Å². The maximum atomic E-state index is 12.0. The van der Waals surface area contributed by atoms with Crippen LogP contribution in [0.4, 0.5) is 5.69 Å². The predicted molar refractivity (Wildman–Crippen MR) is 78.0 cm³/mol. The largest absolute Gasteiger partial charge is 0.352 e. The minimum Gasteiger partial charge on any atom is -0.352 e. The summed E-state index contributed by atoms with van der Waals surface area (Å²) in [6.45, 7) is 1.36. The van der Waals surface area contributed by atoms with Crippen molar-refractivity contribution in [2.24, 2.45) is 0 Å². The van der Waals surface area contributed by atoms with E-state index < -0.39 is 0 Å². The fourth-order valence-corrected chi connectivity index (χ4v) is 2.33. The first-order valence-corrected chi connectivity index (χ1v) is 6.91. The summed E-state index contributed by atoms with van der Waals surface area (Å²) in [5, 5.41) is 9.72. The highest BCUT2D eigenvalue weighted by Gasteiger charge is 2.18. The highest BCUT2D eigenvalue weighted by Crippen LogP contribution is 2.23. The average molecular weight is 284 g/mol. The lowest BCUT2D eigenvalue weighted by Crippen LogP contribution is -2.25. The molecule has 2 amide bonds. The molecule has 21 heavy (non-hydrogen) atoms. The Balaban J connectivity index is 1.51. The van der Waals surface area contributed by atoms with Gasteiger partial charge in [-0.05, 0) is 30.2 Å². The third kappa shape index (κ3) is 3.10. The van der Waals surface area contributed by atoms with Gasteiger partial charge in [0.2, 0.25) is 5.91 Å². The van der Waals surface area contributed by atoms with Gasteiger partial charge in [0, 0.05) is 36.7 Å². The Morgan fingerprint density at radius 3 is 3.14 bits per heavy atom. The number of hydrogen-bond donors (Lipinski definition) is 2. The summed E-state index contributed by atoms with van der Waals surface area (Å²) >= 11 is 0. The second-order valence-electron chi connectivity index (χ2n) is 4.98. The first-order valence-electron chi connectivity index (χ1n) is 6.91. The molecule has 108 valence electrons. The maximum Gasteiger partial charge on any atom is 0.251 e. The van der Waals surface area contributed by atoms with Crippen molar-refractivity contribution in [3.05, 3.63) is 47.8 Å². The van der Waals surface area contributed by atoms with Crippen LogP contribution in [0.5, 0.6) is 0 Å². The lowest BCUT2D eigenvalue weighted by atomic mass is 10.1. The minimum absolute atomic E-state index is 0.0261. The molecule has 6 heteroatoms. The number of aryl methyl sites for hydroxylation is 1. The number of amides is 2. The average Bonchev–Trinajstić information content (AvgIpc) is 3.10. The van der Waals surface area contributed by atoms with Gasteiger partial charge < -0.3 is 10.6 Å². The fourth-order valence-electron chi connectivity index (χ4n) is 2.33. The molecule has 2 aromatic rings. The van der Waals surface area contributed by atoms with Crippen molar-refractivity contribution >= 4 is 17.5 Å². The number of hydrogen-bond acceptors (Lipinski definition) is 3. The molecular weight excluding hydrogens is 268 g/mol. The van der Waals surface area contributed by atoms with Crippen LogP contribution in [0, 0.1) is 0 Å². The van der Waals surface area contributed by atoms with Gasteiger partial charge in [0.1, 0.15) is 0 Å². The van der Waals surface area contributed by atoms with E-state index in [1.54, 1.807) is 18.3 Å². The van der Waals surface area contributed by atoms with Gasteiger partial charge in [0.05, 0.1) is 6.42 Å². The predicted octanol–water partition coefficient (Wildman–Crippen LogP) is 1.20. The summed E-state index contributed by atoms with van der Waals surface area (Å²) in [5.74, 6) is -0.152. The van der Waals surface area contributed by atoms with Gasteiger partial charge in [-0.2, -0.15) is 5.10 Å². The number of fused-ring (bicyclic) bond motifs is 1. The smallest absolute Gasteiger partial charge is 0.251 e. The quantitative estimate of drug-likeness (QED) is 0.810. The van der Waals surface area contributed by atoms with Crippen LogP contribution in [0.1, 0.15) is 22.3 Å². The van der Waals surface area contributed by atoms with Gasteiger partial charge in [0.15, 0.2) is 0 Å². The van der Waals surface area contributed by atoms with Crippen molar-refractivity contribution < 1.29 is 9.59 Å². The lowest BCUT2D eigenvalue weighted by molar-refractivity contribution is -0.115. The van der Waals surface area contributed by atoms with Crippen molar-refractivity contribution in [1.82, 2.24) is 15.1 Å². The van der Waals surface area contributed by atoms with E-state index >= 15 is 0 Å². The SMILES string of the molecule is O=C1Cc2ccc(C(=O)NCCCn3cccn3)cc2N1. The third-order valence-corrected chi connectivity index (χ3v) is 3.41. The number of carbonyl (C=O) groups is 2. The number of nitrogens with one attached hydrogen (secondary N) is 2. The van der Waals surface area contributed by atoms with Crippen LogP contribution in [-0.4, -0.2) is 28.1 Å². The molecule has 0 aliphatic carbocycles. The van der Waals surface area contributed by atoms with Crippen LogP contribution in [-0.2, 0) is 17.8 Å². The Morgan fingerprint density at radius 1 is 1.43 bits per heavy atom. The van der Waals surface area contributed by atoms with Crippen molar-refractivity contribution in [3.8, 4) is 0 Å². The van der Waals surface area contributed by atoms with Crippen molar-refractivity contribution in [2.45, 2.75) is 19.4 Å². The molecule has 0 saturated heterocycles. The van der Waals surface area contributed by atoms with Crippen molar-refractivity contribution in [1.29, 1.82) is 0 Å². The van der Waals surface area contributed by atoms with Crippen LogP contribution in [0.25, 0.3) is 0 Å². The van der Waals surface area contributed by atoms with Gasteiger partial charge in [-0.3, -0.25) is 14.3 Å². The zero-order chi connectivity index (χ0) is 14.7. The number of benzene rings is 1. The van der Waals surface area contributed by atoms with Gasteiger partial charge >= 0.3 is 0 Å². The summed E-state index contributed by atoms with van der Waals surface area (Å²) in [6, 6.07) is 7.17. The molecule has 0 saturated carbocycles. The topological polar surface area (TPSA) is 76.0 Å². The fraction of sp³-hybridized carbons (Fsp3) is 0.267. The van der Waals surface area contributed by atoms with Crippen LogP contribution in [0.15, 0.2) is 36.7 Å². The summed E-state index contributed by atoms with van der Waals surface area (Å²) < 4.78 is 1.83. The Bertz CT molecular complexity index is 664. The van der Waals surface area contributed by atoms with Crippen LogP contribution in [0.3, 0.4) is 0 Å². The summed E-state index contributed by atoms with van der Waals surface area (Å²) in [7, 11) is 0. The molecule has 3 rings (SSSR count). The van der Waals surface area contributed by atoms with E-state index in [1.165, 1.54) is 0 Å². The summed E-state index contributed by atoms with van der Waals surface area (Å²) in [4.78, 5) is 23.3. The molecule has 1 aromatic carbocycles. The second kappa shape index (κ2) is 5.78. The molecule has 0 spiro atoms. The van der Waals surface area contributed by atoms with Crippen molar-refractivity contribution in [3.63, 3.8) is 0 Å². The first-order chi connectivity index (χ1) is 10.2. The van der Waals surface area contributed by atoms with Gasteiger partial charge in [0.25, 0.3) is 5.91 Å². The number of aromatic nitrogens is 2. The third-order valence-electron chi connectivity index (χ3n) is 3.41. The molecule has 0 unspecified atom stereocenters. The van der Waals surface area contributed by atoms with E-state index in [-0.39, 0.29) is 11.8 Å². The molecule has 0 radical (unpaired) electrons. The number of anilines is 1. The normalized spacial score (nSPS) is 12.9. The molecule has 1 aliphatic heterocycles. The van der Waals surface area contributed by atoms with Crippen LogP contribution < -0.4 is 10.6 Å². The van der Waals surface area contributed by atoms with Crippen LogP contribution >= 0.6 is 0 Å². The molecule has 0 bridgehead atoms. The van der Waals surface area contributed by atoms with E-state index in [4.69, 9.17) is 0 Å². The standard InChI is InChI=1S/C15H16N4O2/c20-14-10-11-3-4-12(9-13(11)18-14)15(21)16-5-1-7-19-8-2-6-17-19/h2-4,6,8-9H,1,5,7,10H2,(H,16,21)(H,18,20). The minimum atomic E-state index is -0.126. The molecule has 1 aliphatic rings. The van der Waals surface area contributed by atoms with E-state index in [0.717, 1.165) is 24.2 Å². The van der Waals surface area contributed by atoms with E-state index in [9.17, 15) is 9.59 Å².